The van der Waals surface area contributed by atoms with E-state index < -0.39 is 10.0 Å². The second-order valence-electron chi connectivity index (χ2n) is 4.60. The lowest BCUT2D eigenvalue weighted by Gasteiger charge is -2.24. The number of benzene rings is 1. The van der Waals surface area contributed by atoms with Crippen molar-refractivity contribution in [3.63, 3.8) is 0 Å². The second kappa shape index (κ2) is 5.69. The minimum atomic E-state index is -3.62. The molecule has 100 valence electrons. The van der Waals surface area contributed by atoms with Crippen LogP contribution in [0, 0.1) is 0 Å². The van der Waals surface area contributed by atoms with E-state index >= 15 is 0 Å². The zero-order chi connectivity index (χ0) is 13.0. The number of anilines is 1. The highest BCUT2D eigenvalue weighted by Gasteiger charge is 2.12. The molecule has 1 aliphatic rings. The molecule has 0 bridgehead atoms. The molecule has 1 aliphatic heterocycles. The highest BCUT2D eigenvalue weighted by Crippen LogP contribution is 2.15. The van der Waals surface area contributed by atoms with E-state index in [1.54, 1.807) is 12.1 Å². The molecule has 1 fully saturated rings. The number of primary sulfonamides is 1. The number of nitrogens with two attached hydrogens (primary N) is 1. The fourth-order valence-electron chi connectivity index (χ4n) is 2.12. The predicted octanol–water partition coefficient (Wildman–Crippen LogP) is 0.888. The van der Waals surface area contributed by atoms with Gasteiger partial charge in [-0.25, -0.2) is 13.6 Å². The summed E-state index contributed by atoms with van der Waals surface area (Å²) < 4.78 is 22.5. The van der Waals surface area contributed by atoms with E-state index in [-0.39, 0.29) is 4.90 Å². The summed E-state index contributed by atoms with van der Waals surface area (Å²) in [5.74, 6) is 0. The van der Waals surface area contributed by atoms with Crippen LogP contribution in [0.2, 0.25) is 0 Å². The molecule has 0 saturated carbocycles. The Kier molecular flexibility index (Phi) is 4.21. The SMILES string of the molecule is NS(=O)(=O)c1cccc(NCC2CCCCN2)c1. The van der Waals surface area contributed by atoms with Crippen molar-refractivity contribution < 1.29 is 8.42 Å². The van der Waals surface area contributed by atoms with Gasteiger partial charge in [0.25, 0.3) is 0 Å². The number of nitrogens with one attached hydrogen (secondary N) is 2. The fraction of sp³-hybridized carbons (Fsp3) is 0.500. The third-order valence-electron chi connectivity index (χ3n) is 3.13. The molecule has 1 atom stereocenters. The van der Waals surface area contributed by atoms with Crippen molar-refractivity contribution in [1.82, 2.24) is 5.32 Å². The summed E-state index contributed by atoms with van der Waals surface area (Å²) >= 11 is 0. The molecular weight excluding hydrogens is 250 g/mol. The van der Waals surface area contributed by atoms with E-state index in [1.165, 1.54) is 18.9 Å². The van der Waals surface area contributed by atoms with Gasteiger partial charge in [0.1, 0.15) is 0 Å². The Morgan fingerprint density at radius 3 is 2.89 bits per heavy atom. The maximum Gasteiger partial charge on any atom is 0.238 e. The molecule has 0 radical (unpaired) electrons. The summed E-state index contributed by atoms with van der Waals surface area (Å²) in [6.07, 6.45) is 3.63. The van der Waals surface area contributed by atoms with Gasteiger partial charge in [-0.05, 0) is 37.6 Å². The third kappa shape index (κ3) is 3.69. The van der Waals surface area contributed by atoms with Crippen molar-refractivity contribution >= 4 is 15.7 Å². The normalized spacial score (nSPS) is 20.6. The summed E-state index contributed by atoms with van der Waals surface area (Å²) in [6.45, 7) is 1.86. The molecule has 0 aromatic heterocycles. The smallest absolute Gasteiger partial charge is 0.238 e. The van der Waals surface area contributed by atoms with Crippen LogP contribution >= 0.6 is 0 Å². The van der Waals surface area contributed by atoms with E-state index in [4.69, 9.17) is 5.14 Å². The van der Waals surface area contributed by atoms with Crippen LogP contribution in [0.1, 0.15) is 19.3 Å². The summed E-state index contributed by atoms with van der Waals surface area (Å²) in [5, 5.41) is 11.8. The maximum atomic E-state index is 11.2. The van der Waals surface area contributed by atoms with Crippen molar-refractivity contribution in [2.45, 2.75) is 30.2 Å². The molecule has 0 aliphatic carbocycles. The number of piperidine rings is 1. The zero-order valence-corrected chi connectivity index (χ0v) is 11.0. The first kappa shape index (κ1) is 13.3. The Morgan fingerprint density at radius 2 is 2.22 bits per heavy atom. The van der Waals surface area contributed by atoms with E-state index in [1.807, 2.05) is 6.07 Å². The van der Waals surface area contributed by atoms with Crippen molar-refractivity contribution in [3.05, 3.63) is 24.3 Å². The van der Waals surface area contributed by atoms with Gasteiger partial charge in [-0.1, -0.05) is 12.5 Å². The van der Waals surface area contributed by atoms with E-state index in [2.05, 4.69) is 10.6 Å². The van der Waals surface area contributed by atoms with Gasteiger partial charge >= 0.3 is 0 Å². The van der Waals surface area contributed by atoms with E-state index in [0.717, 1.165) is 25.2 Å². The molecule has 0 spiro atoms. The van der Waals surface area contributed by atoms with Gasteiger partial charge in [0.15, 0.2) is 0 Å². The predicted molar refractivity (Wildman–Crippen MR) is 71.9 cm³/mol. The van der Waals surface area contributed by atoms with Crippen LogP contribution in [-0.4, -0.2) is 27.5 Å². The lowest BCUT2D eigenvalue weighted by atomic mass is 10.1. The molecule has 18 heavy (non-hydrogen) atoms. The average molecular weight is 269 g/mol. The van der Waals surface area contributed by atoms with Gasteiger partial charge in [0, 0.05) is 18.3 Å². The second-order valence-corrected chi connectivity index (χ2v) is 6.16. The first-order valence-corrected chi connectivity index (χ1v) is 7.70. The molecule has 6 heteroatoms. The Labute approximate surface area is 108 Å². The van der Waals surface area contributed by atoms with Gasteiger partial charge in [-0.3, -0.25) is 0 Å². The van der Waals surface area contributed by atoms with Gasteiger partial charge in [0.05, 0.1) is 4.90 Å². The molecule has 1 unspecified atom stereocenters. The Balaban J connectivity index is 1.97. The highest BCUT2D eigenvalue weighted by molar-refractivity contribution is 7.89. The summed E-state index contributed by atoms with van der Waals surface area (Å²) in [5.41, 5.74) is 0.786. The number of hydrogen-bond acceptors (Lipinski definition) is 4. The molecular formula is C12H19N3O2S. The first-order valence-electron chi connectivity index (χ1n) is 6.16. The average Bonchev–Trinajstić information content (AvgIpc) is 2.37. The Morgan fingerprint density at radius 1 is 1.39 bits per heavy atom. The quantitative estimate of drug-likeness (QED) is 0.758. The van der Waals surface area contributed by atoms with Gasteiger partial charge in [0.2, 0.25) is 10.0 Å². The zero-order valence-electron chi connectivity index (χ0n) is 10.2. The van der Waals surface area contributed by atoms with Gasteiger partial charge in [-0.15, -0.1) is 0 Å². The number of hydrogen-bond donors (Lipinski definition) is 3. The topological polar surface area (TPSA) is 84.2 Å². The van der Waals surface area contributed by atoms with E-state index in [0.29, 0.717) is 6.04 Å². The molecule has 4 N–H and O–H groups in total. The monoisotopic (exact) mass is 269 g/mol. The van der Waals surface area contributed by atoms with Crippen LogP contribution in [0.15, 0.2) is 29.2 Å². The standard InChI is InChI=1S/C12H19N3O2S/c13-18(16,17)12-6-3-5-10(8-12)15-9-11-4-1-2-7-14-11/h3,5-6,8,11,14-15H,1-2,4,7,9H2,(H2,13,16,17). The highest BCUT2D eigenvalue weighted by atomic mass is 32.2. The summed E-state index contributed by atoms with van der Waals surface area (Å²) in [4.78, 5) is 0.143. The lowest BCUT2D eigenvalue weighted by molar-refractivity contribution is 0.414. The maximum absolute atomic E-state index is 11.2. The Hall–Kier alpha value is -1.11. The molecule has 2 rings (SSSR count). The van der Waals surface area contributed by atoms with E-state index in [9.17, 15) is 8.42 Å². The molecule has 1 saturated heterocycles. The van der Waals surface area contributed by atoms with Crippen LogP contribution in [0.5, 0.6) is 0 Å². The minimum Gasteiger partial charge on any atom is -0.383 e. The number of rotatable bonds is 4. The third-order valence-corrected chi connectivity index (χ3v) is 4.04. The van der Waals surface area contributed by atoms with Gasteiger partial charge in [-0.2, -0.15) is 0 Å². The lowest BCUT2D eigenvalue weighted by Crippen LogP contribution is -2.39. The molecule has 1 aromatic carbocycles. The van der Waals surface area contributed by atoms with Gasteiger partial charge < -0.3 is 10.6 Å². The summed E-state index contributed by atoms with van der Waals surface area (Å²) in [6, 6.07) is 7.06. The minimum absolute atomic E-state index is 0.143. The van der Waals surface area contributed by atoms with Crippen molar-refractivity contribution in [2.24, 2.45) is 5.14 Å². The van der Waals surface area contributed by atoms with Crippen LogP contribution in [0.4, 0.5) is 5.69 Å². The van der Waals surface area contributed by atoms with Crippen molar-refractivity contribution in [1.29, 1.82) is 0 Å². The van der Waals surface area contributed by atoms with Crippen LogP contribution in [-0.2, 0) is 10.0 Å². The molecule has 1 aromatic rings. The van der Waals surface area contributed by atoms with Crippen molar-refractivity contribution in [3.8, 4) is 0 Å². The Bertz CT molecular complexity index is 496. The first-order chi connectivity index (χ1) is 8.55. The molecule has 0 amide bonds. The van der Waals surface area contributed by atoms with Crippen molar-refractivity contribution in [2.75, 3.05) is 18.4 Å². The molecule has 1 heterocycles. The van der Waals surface area contributed by atoms with Crippen LogP contribution in [0.25, 0.3) is 0 Å². The largest absolute Gasteiger partial charge is 0.383 e. The number of sulfonamides is 1. The molecule has 5 nitrogen and oxygen atoms in total. The van der Waals surface area contributed by atoms with Crippen LogP contribution in [0.3, 0.4) is 0 Å². The summed E-state index contributed by atoms with van der Waals surface area (Å²) in [7, 11) is -3.62. The fourth-order valence-corrected chi connectivity index (χ4v) is 2.68. The van der Waals surface area contributed by atoms with Crippen LogP contribution < -0.4 is 15.8 Å².